The molecule has 2 fully saturated rings. The number of nitrogens with zero attached hydrogens (tertiary/aromatic N) is 4. The number of nitrogens with one attached hydrogen (secondary N) is 1. The van der Waals surface area contributed by atoms with Crippen molar-refractivity contribution in [3.63, 3.8) is 0 Å². The Morgan fingerprint density at radius 3 is 2.59 bits per heavy atom. The summed E-state index contributed by atoms with van der Waals surface area (Å²) in [4.78, 5) is 29.0. The van der Waals surface area contributed by atoms with E-state index < -0.39 is 0 Å². The molecule has 1 saturated carbocycles. The minimum Gasteiger partial charge on any atom is -0.366 e. The molecule has 0 amide bonds. The first-order chi connectivity index (χ1) is 16.5. The van der Waals surface area contributed by atoms with Crippen molar-refractivity contribution in [3.05, 3.63) is 48.5 Å². The molecule has 0 bridgehead atoms. The van der Waals surface area contributed by atoms with E-state index in [4.69, 9.17) is 4.98 Å². The van der Waals surface area contributed by atoms with Crippen LogP contribution in [0, 0.1) is 5.92 Å². The van der Waals surface area contributed by atoms with Gasteiger partial charge >= 0.3 is 0 Å². The molecule has 1 aliphatic heterocycles. The molecule has 3 aromatic rings. The van der Waals surface area contributed by atoms with Gasteiger partial charge in [0.15, 0.2) is 0 Å². The molecule has 2 aliphatic rings. The number of aromatic nitrogens is 3. The molecule has 6 heteroatoms. The van der Waals surface area contributed by atoms with Crippen LogP contribution in [0.1, 0.15) is 58.1 Å². The summed E-state index contributed by atoms with van der Waals surface area (Å²) in [7, 11) is 0. The summed E-state index contributed by atoms with van der Waals surface area (Å²) in [5, 5.41) is 5.75. The fourth-order valence-electron chi connectivity index (χ4n) is 5.36. The van der Waals surface area contributed by atoms with E-state index in [1.165, 1.54) is 12.8 Å². The van der Waals surface area contributed by atoms with Gasteiger partial charge in [-0.15, -0.1) is 0 Å². The van der Waals surface area contributed by atoms with E-state index in [1.807, 2.05) is 18.6 Å². The van der Waals surface area contributed by atoms with Crippen molar-refractivity contribution in [2.45, 2.75) is 70.9 Å². The predicted octanol–water partition coefficient (Wildman–Crippen LogP) is 5.28. The highest BCUT2D eigenvalue weighted by Gasteiger charge is 2.23. The molecular weight excluding hydrogens is 422 g/mol. The number of fused-ring (bicyclic) bond motifs is 1. The molecule has 0 unspecified atom stereocenters. The van der Waals surface area contributed by atoms with Crippen molar-refractivity contribution in [3.8, 4) is 11.3 Å². The number of anilines is 1. The minimum absolute atomic E-state index is 0.229. The number of likely N-dealkylation sites (tertiary alicyclic amines) is 1. The summed E-state index contributed by atoms with van der Waals surface area (Å²) in [5.41, 5.74) is 2.74. The van der Waals surface area contributed by atoms with Crippen molar-refractivity contribution in [2.75, 3.05) is 18.4 Å². The first kappa shape index (κ1) is 22.9. The van der Waals surface area contributed by atoms with Gasteiger partial charge in [0.25, 0.3) is 0 Å². The number of ketones is 1. The standard InChI is InChI=1S/C28H35N5O/c1-19(2)33-11-9-24(10-12-33)31-28-18-29-17-26(32-28)21-7-8-22-16-30-25(14-23(22)13-21)15-27(34)20-5-3-4-6-20/h7-8,13-14,16-20,24H,3-6,9-12,15H2,1-2H3,(H,31,32). The van der Waals surface area contributed by atoms with E-state index in [2.05, 4.69) is 58.3 Å². The van der Waals surface area contributed by atoms with Crippen molar-refractivity contribution >= 4 is 22.4 Å². The summed E-state index contributed by atoms with van der Waals surface area (Å²) in [5.74, 6) is 1.40. The summed E-state index contributed by atoms with van der Waals surface area (Å²) in [6.45, 7) is 6.76. The van der Waals surface area contributed by atoms with Crippen LogP contribution >= 0.6 is 0 Å². The molecule has 0 spiro atoms. The van der Waals surface area contributed by atoms with Crippen LogP contribution in [0.15, 0.2) is 42.9 Å². The van der Waals surface area contributed by atoms with Crippen LogP contribution in [0.4, 0.5) is 5.82 Å². The number of benzene rings is 1. The summed E-state index contributed by atoms with van der Waals surface area (Å²) in [6, 6.07) is 9.38. The monoisotopic (exact) mass is 457 g/mol. The molecule has 34 heavy (non-hydrogen) atoms. The van der Waals surface area contributed by atoms with Crippen LogP contribution in [0.25, 0.3) is 22.0 Å². The average molecular weight is 458 g/mol. The third-order valence-corrected chi connectivity index (χ3v) is 7.49. The van der Waals surface area contributed by atoms with Gasteiger partial charge in [-0.1, -0.05) is 25.0 Å². The van der Waals surface area contributed by atoms with Crippen LogP contribution in [0.5, 0.6) is 0 Å². The van der Waals surface area contributed by atoms with Gasteiger partial charge in [-0.2, -0.15) is 0 Å². The maximum absolute atomic E-state index is 12.6. The van der Waals surface area contributed by atoms with E-state index in [9.17, 15) is 4.79 Å². The molecule has 0 atom stereocenters. The molecule has 178 valence electrons. The molecule has 1 aliphatic carbocycles. The number of hydrogen-bond donors (Lipinski definition) is 1. The highest BCUT2D eigenvalue weighted by atomic mass is 16.1. The zero-order valence-corrected chi connectivity index (χ0v) is 20.3. The lowest BCUT2D eigenvalue weighted by atomic mass is 9.98. The predicted molar refractivity (Wildman–Crippen MR) is 137 cm³/mol. The number of hydrogen-bond acceptors (Lipinski definition) is 6. The second-order valence-corrected chi connectivity index (χ2v) is 10.2. The number of piperidine rings is 1. The van der Waals surface area contributed by atoms with Gasteiger partial charge in [0.2, 0.25) is 0 Å². The fraction of sp³-hybridized carbons (Fsp3) is 0.500. The van der Waals surface area contributed by atoms with Crippen LogP contribution in [-0.4, -0.2) is 50.8 Å². The Hall–Kier alpha value is -2.86. The van der Waals surface area contributed by atoms with Gasteiger partial charge in [-0.3, -0.25) is 14.8 Å². The van der Waals surface area contributed by atoms with Crippen LogP contribution in [-0.2, 0) is 11.2 Å². The van der Waals surface area contributed by atoms with Gasteiger partial charge in [-0.05, 0) is 57.0 Å². The van der Waals surface area contributed by atoms with Gasteiger partial charge < -0.3 is 10.2 Å². The van der Waals surface area contributed by atoms with E-state index in [-0.39, 0.29) is 5.92 Å². The van der Waals surface area contributed by atoms with Crippen molar-refractivity contribution in [2.24, 2.45) is 5.92 Å². The van der Waals surface area contributed by atoms with Crippen LogP contribution < -0.4 is 5.32 Å². The lowest BCUT2D eigenvalue weighted by Gasteiger charge is -2.35. The van der Waals surface area contributed by atoms with E-state index in [0.29, 0.717) is 24.3 Å². The number of Topliss-reactive ketones (excluding diaryl/α,β-unsaturated/α-hetero) is 1. The summed E-state index contributed by atoms with van der Waals surface area (Å²) in [6.07, 6.45) is 12.6. The number of carbonyl (C=O) groups is 1. The van der Waals surface area contributed by atoms with Crippen molar-refractivity contribution in [1.82, 2.24) is 19.9 Å². The summed E-state index contributed by atoms with van der Waals surface area (Å²) >= 11 is 0. The second-order valence-electron chi connectivity index (χ2n) is 10.2. The largest absolute Gasteiger partial charge is 0.366 e. The Morgan fingerprint density at radius 2 is 1.82 bits per heavy atom. The van der Waals surface area contributed by atoms with Crippen molar-refractivity contribution in [1.29, 1.82) is 0 Å². The highest BCUT2D eigenvalue weighted by Crippen LogP contribution is 2.28. The Kier molecular flexibility index (Phi) is 6.86. The second kappa shape index (κ2) is 10.2. The Labute approximate surface area is 202 Å². The maximum atomic E-state index is 12.6. The van der Waals surface area contributed by atoms with E-state index in [0.717, 1.165) is 72.3 Å². The highest BCUT2D eigenvalue weighted by molar-refractivity contribution is 5.88. The Balaban J connectivity index is 1.30. The third kappa shape index (κ3) is 5.27. The molecule has 1 saturated heterocycles. The Bertz CT molecular complexity index is 1150. The molecule has 1 aromatic carbocycles. The zero-order chi connectivity index (χ0) is 23.5. The number of pyridine rings is 1. The lowest BCUT2D eigenvalue weighted by molar-refractivity contribution is -0.122. The van der Waals surface area contributed by atoms with Gasteiger partial charge in [-0.25, -0.2) is 4.98 Å². The molecule has 1 N–H and O–H groups in total. The van der Waals surface area contributed by atoms with Gasteiger partial charge in [0.05, 0.1) is 18.1 Å². The first-order valence-electron chi connectivity index (χ1n) is 12.8. The lowest BCUT2D eigenvalue weighted by Crippen LogP contribution is -2.42. The van der Waals surface area contributed by atoms with Crippen LogP contribution in [0.3, 0.4) is 0 Å². The summed E-state index contributed by atoms with van der Waals surface area (Å²) < 4.78 is 0. The molecule has 5 rings (SSSR count). The molecule has 3 heterocycles. The van der Waals surface area contributed by atoms with Gasteiger partial charge in [0.1, 0.15) is 11.6 Å². The average Bonchev–Trinajstić information content (AvgIpc) is 3.39. The number of carbonyl (C=O) groups excluding carboxylic acids is 1. The minimum atomic E-state index is 0.229. The first-order valence-corrected chi connectivity index (χ1v) is 12.8. The molecule has 6 nitrogen and oxygen atoms in total. The Morgan fingerprint density at radius 1 is 1.03 bits per heavy atom. The normalized spacial score (nSPS) is 18.1. The smallest absolute Gasteiger partial charge is 0.145 e. The van der Waals surface area contributed by atoms with Crippen molar-refractivity contribution < 1.29 is 4.79 Å². The SMILES string of the molecule is CC(C)N1CCC(Nc2cncc(-c3ccc4cnc(CC(=O)C5CCCC5)cc4c3)n2)CC1. The molecule has 2 aromatic heterocycles. The topological polar surface area (TPSA) is 71.0 Å². The maximum Gasteiger partial charge on any atom is 0.145 e. The number of rotatable bonds is 7. The third-order valence-electron chi connectivity index (χ3n) is 7.49. The van der Waals surface area contributed by atoms with Gasteiger partial charge in [0, 0.05) is 60.4 Å². The van der Waals surface area contributed by atoms with Crippen LogP contribution in [0.2, 0.25) is 0 Å². The molecular formula is C28H35N5O. The quantitative estimate of drug-likeness (QED) is 0.521. The molecule has 0 radical (unpaired) electrons. The van der Waals surface area contributed by atoms with E-state index in [1.54, 1.807) is 0 Å². The van der Waals surface area contributed by atoms with E-state index >= 15 is 0 Å². The fourth-order valence-corrected chi connectivity index (χ4v) is 5.36. The zero-order valence-electron chi connectivity index (χ0n) is 20.3.